The van der Waals surface area contributed by atoms with Crippen molar-refractivity contribution in [2.45, 2.75) is 180 Å². The van der Waals surface area contributed by atoms with E-state index in [2.05, 4.69) is 4.74 Å². The Hall–Kier alpha value is -4.36. The lowest BCUT2D eigenvalue weighted by Gasteiger charge is -2.55. The molecule has 0 amide bonds. The molecule has 18 nitrogen and oxygen atoms in total. The molecule has 0 heterocycles. The van der Waals surface area contributed by atoms with Crippen LogP contribution >= 0.6 is 0 Å². The van der Waals surface area contributed by atoms with E-state index in [0.717, 1.165) is 89.2 Å². The predicted molar refractivity (Wildman–Crippen MR) is 263 cm³/mol. The van der Waals surface area contributed by atoms with Gasteiger partial charge in [-0.3, -0.25) is 18.5 Å². The number of Topliss-reactive ketones (excluding diaryl/α,β-unsaturated/α-hetero) is 1. The maximum atomic E-state index is 14.2. The van der Waals surface area contributed by atoms with Gasteiger partial charge in [-0.05, 0) is 136 Å². The van der Waals surface area contributed by atoms with Crippen LogP contribution in [0.5, 0.6) is 0 Å². The summed E-state index contributed by atoms with van der Waals surface area (Å²) in [6.45, 7) is 5.97. The van der Waals surface area contributed by atoms with Gasteiger partial charge in [0, 0.05) is 17.3 Å². The van der Waals surface area contributed by atoms with Crippen LogP contribution in [-0.4, -0.2) is 112 Å². The number of ether oxygens (including phenoxy) is 3. The molecule has 3 N–H and O–H groups in total. The van der Waals surface area contributed by atoms with Gasteiger partial charge in [0.2, 0.25) is 9.84 Å². The van der Waals surface area contributed by atoms with Crippen LogP contribution in [0.25, 0.3) is 0 Å². The molecular formula is C49H62F8O18S4. The van der Waals surface area contributed by atoms with Crippen molar-refractivity contribution in [1.29, 1.82) is 0 Å². The fourth-order valence-corrected chi connectivity index (χ4v) is 13.7. The van der Waals surface area contributed by atoms with Gasteiger partial charge in [-0.25, -0.2) is 22.8 Å². The van der Waals surface area contributed by atoms with Gasteiger partial charge in [0.1, 0.15) is 18.0 Å². The highest BCUT2D eigenvalue weighted by atomic mass is 32.2. The molecule has 0 spiro atoms. The van der Waals surface area contributed by atoms with Crippen LogP contribution in [0.15, 0.2) is 41.3 Å². The van der Waals surface area contributed by atoms with Crippen molar-refractivity contribution in [3.8, 4) is 0 Å². The predicted octanol–water partition coefficient (Wildman–Crippen LogP) is 9.87. The fraction of sp³-hybridized carbons (Fsp3) is 0.673. The Morgan fingerprint density at radius 2 is 1.06 bits per heavy atom. The highest BCUT2D eigenvalue weighted by molar-refractivity contribution is 7.92. The quantitative estimate of drug-likeness (QED) is 0.0574. The number of hydrogen-bond donors (Lipinski definition) is 3. The Balaban J connectivity index is 0.000000220. The number of sulfone groups is 1. The highest BCUT2D eigenvalue weighted by Gasteiger charge is 2.81. The number of benzene rings is 2. The maximum Gasteiger partial charge on any atom is 0.465 e. The first-order valence-electron chi connectivity index (χ1n) is 25.1. The van der Waals surface area contributed by atoms with Crippen LogP contribution < -0.4 is 0 Å². The molecular weight excluding hydrogens is 1160 g/mol. The van der Waals surface area contributed by atoms with Crippen molar-refractivity contribution < 1.29 is 116 Å². The molecule has 4 bridgehead atoms. The zero-order valence-electron chi connectivity index (χ0n) is 43.1. The van der Waals surface area contributed by atoms with Gasteiger partial charge in [0.25, 0.3) is 10.1 Å². The van der Waals surface area contributed by atoms with E-state index in [0.29, 0.717) is 25.2 Å². The van der Waals surface area contributed by atoms with Gasteiger partial charge in [-0.2, -0.15) is 60.4 Å². The molecule has 446 valence electrons. The van der Waals surface area contributed by atoms with Crippen molar-refractivity contribution in [3.05, 3.63) is 64.2 Å². The van der Waals surface area contributed by atoms with E-state index in [1.54, 1.807) is 27.7 Å². The number of carbonyl (C=O) groups is 4. The summed E-state index contributed by atoms with van der Waals surface area (Å²) in [5.41, 5.74) is -0.508. The zero-order valence-corrected chi connectivity index (χ0v) is 46.4. The third-order valence-electron chi connectivity index (χ3n) is 14.8. The van der Waals surface area contributed by atoms with Gasteiger partial charge < -0.3 is 14.2 Å². The monoisotopic (exact) mass is 1220 g/mol. The minimum atomic E-state index is -7.05. The Labute approximate surface area is 452 Å². The second kappa shape index (κ2) is 24.2. The molecule has 0 aromatic heterocycles. The van der Waals surface area contributed by atoms with Crippen LogP contribution in [-0.2, 0) is 69.7 Å². The molecule has 6 saturated carbocycles. The lowest BCUT2D eigenvalue weighted by atomic mass is 9.49. The average molecular weight is 1220 g/mol. The number of ketones is 1. The van der Waals surface area contributed by atoms with Gasteiger partial charge >= 0.3 is 59.8 Å². The lowest BCUT2D eigenvalue weighted by Crippen LogP contribution is -2.60. The van der Waals surface area contributed by atoms with E-state index < -0.39 is 108 Å². The van der Waals surface area contributed by atoms with Crippen molar-refractivity contribution in [2.24, 2.45) is 23.2 Å². The smallest absolute Gasteiger partial charge is 0.460 e. The van der Waals surface area contributed by atoms with E-state index in [-0.39, 0.29) is 64.3 Å². The maximum absolute atomic E-state index is 14.2. The molecule has 2 unspecified atom stereocenters. The van der Waals surface area contributed by atoms with Crippen molar-refractivity contribution >= 4 is 63.9 Å². The highest BCUT2D eigenvalue weighted by Crippen LogP contribution is 2.59. The van der Waals surface area contributed by atoms with Crippen LogP contribution in [0.3, 0.4) is 0 Å². The second-order valence-corrected chi connectivity index (χ2v) is 27.8. The molecule has 79 heavy (non-hydrogen) atoms. The largest absolute Gasteiger partial charge is 0.465 e. The molecule has 2 aromatic rings. The average Bonchev–Trinajstić information content (AvgIpc) is 3.55. The number of carbonyl (C=O) groups excluding carboxylic acids is 4. The summed E-state index contributed by atoms with van der Waals surface area (Å²) in [7, 11) is -23.9. The summed E-state index contributed by atoms with van der Waals surface area (Å²) >= 11 is 0. The Morgan fingerprint density at radius 1 is 0.633 bits per heavy atom. The number of halogens is 8. The summed E-state index contributed by atoms with van der Waals surface area (Å²) in [4.78, 5) is 47.8. The lowest BCUT2D eigenvalue weighted by molar-refractivity contribution is -0.245. The second-order valence-electron chi connectivity index (χ2n) is 21.4. The summed E-state index contributed by atoms with van der Waals surface area (Å²) in [5.74, 6) is -12.9. The van der Waals surface area contributed by atoms with E-state index in [4.69, 9.17) is 18.6 Å². The first-order valence-corrected chi connectivity index (χ1v) is 31.1. The van der Waals surface area contributed by atoms with Crippen LogP contribution in [0.1, 0.15) is 173 Å². The number of alkyl halides is 8. The van der Waals surface area contributed by atoms with Gasteiger partial charge in [-0.1, -0.05) is 58.7 Å². The SMILES string of the molecule is CC(C)c1cccc(C(C)C)c1CS(=O)(=O)C(F)(F)C(F)(F)C(F)(F)S(=O)(=O)O.O=C(OC1CCCCC1)c1cc(C(=O)OC2CCCCC2)cc(S(=O)(=O)O)c1.O=C1C2CC3CC1CC(COC(=O)C(F)(F)S(=O)(=O)O)(C3)C2. The number of hydrogen-bond acceptors (Lipinski definition) is 15. The summed E-state index contributed by atoms with van der Waals surface area (Å²) < 4.78 is 240. The van der Waals surface area contributed by atoms with E-state index in [9.17, 15) is 92.5 Å². The van der Waals surface area contributed by atoms with Crippen molar-refractivity contribution in [2.75, 3.05) is 6.61 Å². The van der Waals surface area contributed by atoms with Crippen LogP contribution in [0, 0.1) is 23.2 Å². The third-order valence-corrected chi connectivity index (χ3v) is 19.0. The van der Waals surface area contributed by atoms with Crippen LogP contribution in [0.4, 0.5) is 35.1 Å². The molecule has 6 aliphatic rings. The van der Waals surface area contributed by atoms with E-state index in [1.807, 2.05) is 0 Å². The van der Waals surface area contributed by atoms with E-state index >= 15 is 0 Å². The first kappa shape index (κ1) is 65.5. The van der Waals surface area contributed by atoms with Crippen molar-refractivity contribution in [1.82, 2.24) is 0 Å². The summed E-state index contributed by atoms with van der Waals surface area (Å²) in [6.07, 6.45) is 12.0. The van der Waals surface area contributed by atoms with E-state index in [1.165, 1.54) is 24.3 Å². The summed E-state index contributed by atoms with van der Waals surface area (Å²) in [5, 5.41) is -18.2. The molecule has 0 aliphatic heterocycles. The fourth-order valence-electron chi connectivity index (χ4n) is 11.0. The zero-order chi connectivity index (χ0) is 59.7. The number of rotatable bonds is 17. The number of esters is 3. The Bertz CT molecular complexity index is 2970. The molecule has 6 aliphatic carbocycles. The molecule has 2 atom stereocenters. The Kier molecular flexibility index (Phi) is 20.1. The molecule has 30 heteroatoms. The molecule has 2 aromatic carbocycles. The summed E-state index contributed by atoms with van der Waals surface area (Å²) in [6, 6.07) is 7.58. The first-order chi connectivity index (χ1) is 36.1. The molecule has 0 radical (unpaired) electrons. The minimum Gasteiger partial charge on any atom is -0.460 e. The van der Waals surface area contributed by atoms with Gasteiger partial charge in [0.15, 0.2) is 0 Å². The standard InChI is InChI=1S/C20H26O7S.C16H20F6O5S2.C13H16F2O6S/c21-19(26-16-7-3-1-4-8-16)14-11-15(13-18(12-14)28(23,24)25)20(22)27-17-9-5-2-6-10-17;1-9(2)11-6-5-7-12(10(3)4)13(11)8-28(23,24)15(19,20)14(17,18)16(21,22)29(25,26)27;14-13(15,22(18,19)20)11(17)21-6-12-3-7-1-8(4-12)10(16)9(2-7)5-12/h11-13,16-17H,1-10H2,(H,23,24,25);5-7,9-10H,8H2,1-4H3,(H,25,26,27);7-9H,1-6H2,(H,18,19,20). The molecule has 0 saturated heterocycles. The topological polar surface area (TPSA) is 293 Å². The van der Waals surface area contributed by atoms with Crippen molar-refractivity contribution in [3.63, 3.8) is 0 Å². The molecule has 6 fully saturated rings. The Morgan fingerprint density at radius 3 is 1.44 bits per heavy atom. The normalized spacial score (nSPS) is 22.6. The van der Waals surface area contributed by atoms with Gasteiger partial charge in [0.05, 0.1) is 28.4 Å². The molecule has 8 rings (SSSR count). The minimum absolute atomic E-state index is 0.0868. The van der Waals surface area contributed by atoms with Crippen LogP contribution in [0.2, 0.25) is 0 Å². The van der Waals surface area contributed by atoms with Gasteiger partial charge in [-0.15, -0.1) is 0 Å². The third kappa shape index (κ3) is 14.6.